The molecule has 2 heterocycles. The van der Waals surface area contributed by atoms with E-state index in [1.807, 2.05) is 24.3 Å². The second kappa shape index (κ2) is 6.64. The van der Waals surface area contributed by atoms with E-state index in [0.29, 0.717) is 20.7 Å². The number of carbonyl (C=O) groups excluding carboxylic acids is 2. The van der Waals surface area contributed by atoms with Gasteiger partial charge in [-0.3, -0.25) is 14.5 Å². The van der Waals surface area contributed by atoms with Crippen LogP contribution in [0, 0.1) is 0 Å². The molecule has 0 fully saturated rings. The molecule has 0 aliphatic carbocycles. The van der Waals surface area contributed by atoms with Gasteiger partial charge in [-0.05, 0) is 36.8 Å². The van der Waals surface area contributed by atoms with E-state index in [9.17, 15) is 14.7 Å². The highest BCUT2D eigenvalue weighted by molar-refractivity contribution is 7.22. The molecule has 27 heavy (non-hydrogen) atoms. The van der Waals surface area contributed by atoms with Crippen LogP contribution in [0.3, 0.4) is 0 Å². The average Bonchev–Trinajstić information content (AvgIpc) is 3.14. The smallest absolute Gasteiger partial charge is 0.296 e. The SMILES string of the molecule is CC(=O)C1=C(O)C(=O)N(c2nc3ccccc3s2)C1c1ccc(Cl)cc1Cl. The van der Waals surface area contributed by atoms with Crippen molar-refractivity contribution in [1.29, 1.82) is 0 Å². The summed E-state index contributed by atoms with van der Waals surface area (Å²) in [7, 11) is 0. The number of halogens is 2. The van der Waals surface area contributed by atoms with Gasteiger partial charge in [-0.1, -0.05) is 52.7 Å². The summed E-state index contributed by atoms with van der Waals surface area (Å²) in [6, 6.07) is 11.4. The maximum Gasteiger partial charge on any atom is 0.296 e. The maximum atomic E-state index is 12.8. The Hall–Kier alpha value is -2.41. The van der Waals surface area contributed by atoms with E-state index >= 15 is 0 Å². The number of aliphatic hydroxyl groups is 1. The Morgan fingerprint density at radius 1 is 1.22 bits per heavy atom. The van der Waals surface area contributed by atoms with E-state index in [0.717, 1.165) is 10.2 Å². The van der Waals surface area contributed by atoms with Gasteiger partial charge >= 0.3 is 0 Å². The second-order valence-corrected chi connectivity index (χ2v) is 7.88. The van der Waals surface area contributed by atoms with E-state index in [4.69, 9.17) is 23.2 Å². The highest BCUT2D eigenvalue weighted by atomic mass is 35.5. The van der Waals surface area contributed by atoms with Crippen molar-refractivity contribution < 1.29 is 14.7 Å². The van der Waals surface area contributed by atoms with Crippen LogP contribution in [0.4, 0.5) is 5.13 Å². The van der Waals surface area contributed by atoms with Crippen molar-refractivity contribution in [3.63, 3.8) is 0 Å². The van der Waals surface area contributed by atoms with Gasteiger partial charge < -0.3 is 5.11 Å². The van der Waals surface area contributed by atoms with Gasteiger partial charge in [0.2, 0.25) is 0 Å². The van der Waals surface area contributed by atoms with Crippen LogP contribution in [0.25, 0.3) is 10.2 Å². The number of nitrogens with zero attached hydrogens (tertiary/aromatic N) is 2. The molecular weight excluding hydrogens is 407 g/mol. The molecule has 3 aromatic rings. The zero-order valence-electron chi connectivity index (χ0n) is 13.9. The molecule has 1 atom stereocenters. The summed E-state index contributed by atoms with van der Waals surface area (Å²) in [6.07, 6.45) is 0. The van der Waals surface area contributed by atoms with E-state index in [-0.39, 0.29) is 5.57 Å². The third kappa shape index (κ3) is 2.90. The van der Waals surface area contributed by atoms with Crippen molar-refractivity contribution in [3.05, 3.63) is 69.4 Å². The van der Waals surface area contributed by atoms with Crippen molar-refractivity contribution in [1.82, 2.24) is 4.98 Å². The van der Waals surface area contributed by atoms with Crippen LogP contribution < -0.4 is 4.90 Å². The molecule has 0 bridgehead atoms. The first kappa shape index (κ1) is 18.0. The molecule has 0 radical (unpaired) electrons. The molecule has 5 nitrogen and oxygen atoms in total. The maximum absolute atomic E-state index is 12.8. The van der Waals surface area contributed by atoms with Crippen LogP contribution >= 0.6 is 34.5 Å². The Morgan fingerprint density at radius 3 is 2.63 bits per heavy atom. The number of hydrogen-bond acceptors (Lipinski definition) is 5. The van der Waals surface area contributed by atoms with E-state index in [2.05, 4.69) is 4.98 Å². The van der Waals surface area contributed by atoms with Crippen molar-refractivity contribution in [3.8, 4) is 0 Å². The Bertz CT molecular complexity index is 1110. The fraction of sp³-hybridized carbons (Fsp3) is 0.105. The fourth-order valence-corrected chi connectivity index (χ4v) is 4.65. The molecule has 1 aromatic heterocycles. The Balaban J connectivity index is 1.93. The number of aromatic nitrogens is 1. The number of para-hydroxylation sites is 1. The van der Waals surface area contributed by atoms with Gasteiger partial charge in [0.05, 0.1) is 21.8 Å². The van der Waals surface area contributed by atoms with Crippen molar-refractivity contribution in [2.75, 3.05) is 4.90 Å². The van der Waals surface area contributed by atoms with Gasteiger partial charge in [0.15, 0.2) is 16.7 Å². The minimum absolute atomic E-state index is 0.0107. The summed E-state index contributed by atoms with van der Waals surface area (Å²) in [5.74, 6) is -1.69. The number of carbonyl (C=O) groups is 2. The highest BCUT2D eigenvalue weighted by Crippen LogP contribution is 2.45. The monoisotopic (exact) mass is 418 g/mol. The van der Waals surface area contributed by atoms with Crippen molar-refractivity contribution in [2.45, 2.75) is 13.0 Å². The van der Waals surface area contributed by atoms with Crippen LogP contribution in [0.5, 0.6) is 0 Å². The number of thiazole rings is 1. The molecule has 1 aliphatic heterocycles. The molecule has 1 aliphatic rings. The first-order valence-electron chi connectivity index (χ1n) is 7.96. The number of fused-ring (bicyclic) bond motifs is 1. The fourth-order valence-electron chi connectivity index (χ4n) is 3.14. The lowest BCUT2D eigenvalue weighted by Crippen LogP contribution is -2.30. The van der Waals surface area contributed by atoms with Gasteiger partial charge in [0.25, 0.3) is 5.91 Å². The minimum atomic E-state index is -0.875. The number of amides is 1. The molecule has 0 saturated carbocycles. The van der Waals surface area contributed by atoms with Gasteiger partial charge in [-0.15, -0.1) is 0 Å². The molecule has 1 unspecified atom stereocenters. The molecule has 0 saturated heterocycles. The summed E-state index contributed by atoms with van der Waals surface area (Å²) < 4.78 is 0.886. The third-order valence-corrected chi connectivity index (χ3v) is 5.93. The lowest BCUT2D eigenvalue weighted by atomic mass is 9.97. The lowest BCUT2D eigenvalue weighted by molar-refractivity contribution is -0.117. The van der Waals surface area contributed by atoms with Crippen LogP contribution in [0.15, 0.2) is 53.8 Å². The predicted octanol–water partition coefficient (Wildman–Crippen LogP) is 5.09. The molecule has 1 amide bonds. The predicted molar refractivity (Wildman–Crippen MR) is 107 cm³/mol. The lowest BCUT2D eigenvalue weighted by Gasteiger charge is -2.25. The molecule has 2 aromatic carbocycles. The summed E-state index contributed by atoms with van der Waals surface area (Å²) in [4.78, 5) is 30.9. The number of ketones is 1. The van der Waals surface area contributed by atoms with Gasteiger partial charge in [-0.25, -0.2) is 4.98 Å². The molecule has 4 rings (SSSR count). The Labute approximate surface area is 168 Å². The number of rotatable bonds is 3. The van der Waals surface area contributed by atoms with Gasteiger partial charge in [0, 0.05) is 10.0 Å². The largest absolute Gasteiger partial charge is 0.503 e. The molecule has 1 N–H and O–H groups in total. The normalized spacial score (nSPS) is 17.2. The summed E-state index contributed by atoms with van der Waals surface area (Å²) in [6.45, 7) is 1.30. The van der Waals surface area contributed by atoms with Gasteiger partial charge in [-0.2, -0.15) is 0 Å². The van der Waals surface area contributed by atoms with E-state index in [1.54, 1.807) is 12.1 Å². The van der Waals surface area contributed by atoms with Crippen LogP contribution in [-0.2, 0) is 9.59 Å². The number of anilines is 1. The Morgan fingerprint density at radius 2 is 1.96 bits per heavy atom. The second-order valence-electron chi connectivity index (χ2n) is 6.03. The number of benzene rings is 2. The number of aliphatic hydroxyl groups excluding tert-OH is 1. The molecular formula is C19H12Cl2N2O3S. The molecule has 8 heteroatoms. The highest BCUT2D eigenvalue weighted by Gasteiger charge is 2.45. The minimum Gasteiger partial charge on any atom is -0.503 e. The Kier molecular flexibility index (Phi) is 4.42. The van der Waals surface area contributed by atoms with E-state index < -0.39 is 23.5 Å². The van der Waals surface area contributed by atoms with Gasteiger partial charge in [0.1, 0.15) is 0 Å². The summed E-state index contributed by atoms with van der Waals surface area (Å²) in [5, 5.41) is 11.5. The van der Waals surface area contributed by atoms with Crippen molar-refractivity contribution >= 4 is 61.6 Å². The van der Waals surface area contributed by atoms with E-state index in [1.165, 1.54) is 29.2 Å². The first-order chi connectivity index (χ1) is 12.9. The number of hydrogen-bond donors (Lipinski definition) is 1. The summed E-state index contributed by atoms with van der Waals surface area (Å²) in [5.41, 5.74) is 1.20. The summed E-state index contributed by atoms with van der Waals surface area (Å²) >= 11 is 13.6. The average molecular weight is 419 g/mol. The molecule has 136 valence electrons. The van der Waals surface area contributed by atoms with Crippen LogP contribution in [-0.4, -0.2) is 21.8 Å². The van der Waals surface area contributed by atoms with Crippen molar-refractivity contribution in [2.24, 2.45) is 0 Å². The van der Waals surface area contributed by atoms with Crippen LogP contribution in [0.1, 0.15) is 18.5 Å². The first-order valence-corrected chi connectivity index (χ1v) is 9.54. The molecule has 0 spiro atoms. The zero-order chi connectivity index (χ0) is 19.3. The standard InChI is InChI=1S/C19H12Cl2N2O3S/c1-9(24)15-16(11-7-6-10(20)8-12(11)21)23(18(26)17(15)25)19-22-13-4-2-3-5-14(13)27-19/h2-8,16,25H,1H3. The van der Waals surface area contributed by atoms with Crippen LogP contribution in [0.2, 0.25) is 10.0 Å². The number of Topliss-reactive ketones (excluding diaryl/α,β-unsaturated/α-hetero) is 1. The topological polar surface area (TPSA) is 70.5 Å². The quantitative estimate of drug-likeness (QED) is 0.642. The third-order valence-electron chi connectivity index (χ3n) is 4.33. The zero-order valence-corrected chi connectivity index (χ0v) is 16.3.